The third kappa shape index (κ3) is 4.18. The van der Waals surface area contributed by atoms with E-state index in [1.54, 1.807) is 13.8 Å². The van der Waals surface area contributed by atoms with Gasteiger partial charge in [-0.15, -0.1) is 0 Å². The fraction of sp³-hybridized carbons (Fsp3) is 0.818. The Morgan fingerprint density at radius 3 is 3.12 bits per heavy atom. The molecule has 0 aliphatic carbocycles. The molecule has 2 N–H and O–H groups in total. The molecule has 1 saturated heterocycles. The third-order valence-corrected chi connectivity index (χ3v) is 2.61. The number of carbonyl (C=O) groups excluding carboxylic acids is 2. The van der Waals surface area contributed by atoms with E-state index in [1.165, 1.54) is 0 Å². The topological polar surface area (TPSA) is 67.4 Å². The normalized spacial score (nSPS) is 23.1. The summed E-state index contributed by atoms with van der Waals surface area (Å²) in [6.07, 6.45) is 2.28. The maximum absolute atomic E-state index is 11.4. The number of esters is 1. The van der Waals surface area contributed by atoms with Crippen LogP contribution in [-0.4, -0.2) is 37.1 Å². The van der Waals surface area contributed by atoms with Crippen molar-refractivity contribution in [2.45, 2.75) is 45.2 Å². The lowest BCUT2D eigenvalue weighted by Gasteiger charge is -2.19. The SMILES string of the molecule is CCOC(=O)C(C)NC1CCCNC(=O)C1. The van der Waals surface area contributed by atoms with Crippen molar-refractivity contribution in [3.05, 3.63) is 0 Å². The summed E-state index contributed by atoms with van der Waals surface area (Å²) in [5.41, 5.74) is 0. The Hall–Kier alpha value is -1.10. The first-order valence-corrected chi connectivity index (χ1v) is 5.83. The zero-order chi connectivity index (χ0) is 12.0. The largest absolute Gasteiger partial charge is 0.465 e. The second kappa shape index (κ2) is 6.48. The molecule has 2 atom stereocenters. The van der Waals surface area contributed by atoms with Gasteiger partial charge in [0, 0.05) is 19.0 Å². The molecule has 5 nitrogen and oxygen atoms in total. The van der Waals surface area contributed by atoms with Crippen molar-refractivity contribution in [3.8, 4) is 0 Å². The molecule has 0 bridgehead atoms. The minimum Gasteiger partial charge on any atom is -0.465 e. The number of rotatable bonds is 4. The summed E-state index contributed by atoms with van der Waals surface area (Å²) in [5.74, 6) is -0.210. The van der Waals surface area contributed by atoms with Gasteiger partial charge in [0.15, 0.2) is 0 Å². The molecule has 1 heterocycles. The van der Waals surface area contributed by atoms with Crippen LogP contribution in [0, 0.1) is 0 Å². The maximum Gasteiger partial charge on any atom is 0.322 e. The van der Waals surface area contributed by atoms with Crippen molar-refractivity contribution in [1.82, 2.24) is 10.6 Å². The highest BCUT2D eigenvalue weighted by Gasteiger charge is 2.22. The van der Waals surface area contributed by atoms with Crippen molar-refractivity contribution in [2.24, 2.45) is 0 Å². The Labute approximate surface area is 95.9 Å². The molecule has 1 aliphatic rings. The predicted octanol–water partition coefficient (Wildman–Crippen LogP) is 0.196. The zero-order valence-corrected chi connectivity index (χ0v) is 9.91. The maximum atomic E-state index is 11.4. The van der Waals surface area contributed by atoms with Crippen LogP contribution in [0.1, 0.15) is 33.1 Å². The average molecular weight is 228 g/mol. The standard InChI is InChI=1S/C11H20N2O3/c1-3-16-11(15)8(2)13-9-5-4-6-12-10(14)7-9/h8-9,13H,3-7H2,1-2H3,(H,12,14). The van der Waals surface area contributed by atoms with E-state index >= 15 is 0 Å². The third-order valence-electron chi connectivity index (χ3n) is 2.61. The summed E-state index contributed by atoms with van der Waals surface area (Å²) < 4.78 is 4.90. The van der Waals surface area contributed by atoms with Gasteiger partial charge in [0.25, 0.3) is 0 Å². The van der Waals surface area contributed by atoms with Gasteiger partial charge >= 0.3 is 5.97 Å². The summed E-state index contributed by atoms with van der Waals surface area (Å²) in [4.78, 5) is 22.7. The van der Waals surface area contributed by atoms with Crippen molar-refractivity contribution in [1.29, 1.82) is 0 Å². The Morgan fingerprint density at radius 2 is 2.44 bits per heavy atom. The highest BCUT2D eigenvalue weighted by atomic mass is 16.5. The van der Waals surface area contributed by atoms with E-state index in [-0.39, 0.29) is 24.0 Å². The van der Waals surface area contributed by atoms with Crippen LogP contribution in [-0.2, 0) is 14.3 Å². The number of amides is 1. The van der Waals surface area contributed by atoms with E-state index in [0.29, 0.717) is 13.0 Å². The molecule has 1 aliphatic heterocycles. The highest BCUT2D eigenvalue weighted by molar-refractivity contribution is 5.77. The van der Waals surface area contributed by atoms with Gasteiger partial charge in [0.05, 0.1) is 6.61 Å². The first-order chi connectivity index (χ1) is 7.63. The summed E-state index contributed by atoms with van der Waals surface area (Å²) in [6.45, 7) is 4.66. The summed E-state index contributed by atoms with van der Waals surface area (Å²) in [6, 6.07) is -0.280. The van der Waals surface area contributed by atoms with Gasteiger partial charge in [-0.3, -0.25) is 9.59 Å². The number of ether oxygens (including phenoxy) is 1. The summed E-state index contributed by atoms with van der Waals surface area (Å²) in [7, 11) is 0. The molecule has 0 spiro atoms. The van der Waals surface area contributed by atoms with E-state index in [1.807, 2.05) is 0 Å². The number of nitrogens with one attached hydrogen (secondary N) is 2. The molecule has 1 rings (SSSR count). The van der Waals surface area contributed by atoms with Crippen LogP contribution in [0.3, 0.4) is 0 Å². The minimum atomic E-state index is -0.351. The van der Waals surface area contributed by atoms with Gasteiger partial charge in [-0.2, -0.15) is 0 Å². The van der Waals surface area contributed by atoms with Crippen LogP contribution in [0.25, 0.3) is 0 Å². The fourth-order valence-corrected chi connectivity index (χ4v) is 1.81. The second-order valence-electron chi connectivity index (χ2n) is 4.03. The van der Waals surface area contributed by atoms with Gasteiger partial charge in [-0.1, -0.05) is 0 Å². The molecule has 0 aromatic heterocycles. The zero-order valence-electron chi connectivity index (χ0n) is 9.91. The van der Waals surface area contributed by atoms with Crippen LogP contribution < -0.4 is 10.6 Å². The van der Waals surface area contributed by atoms with Crippen LogP contribution in [0.15, 0.2) is 0 Å². The first-order valence-electron chi connectivity index (χ1n) is 5.83. The predicted molar refractivity (Wildman–Crippen MR) is 59.9 cm³/mol. The second-order valence-corrected chi connectivity index (χ2v) is 4.03. The summed E-state index contributed by atoms with van der Waals surface area (Å²) >= 11 is 0. The quantitative estimate of drug-likeness (QED) is 0.674. The average Bonchev–Trinajstić information content (AvgIpc) is 2.43. The Kier molecular flexibility index (Phi) is 5.25. The smallest absolute Gasteiger partial charge is 0.322 e. The van der Waals surface area contributed by atoms with Gasteiger partial charge in [-0.05, 0) is 26.7 Å². The Morgan fingerprint density at radius 1 is 1.69 bits per heavy atom. The van der Waals surface area contributed by atoms with Gasteiger partial charge in [0.2, 0.25) is 5.91 Å². The van der Waals surface area contributed by atoms with E-state index in [4.69, 9.17) is 4.74 Å². The fourth-order valence-electron chi connectivity index (χ4n) is 1.81. The molecular weight excluding hydrogens is 208 g/mol. The Balaban J connectivity index is 2.39. The lowest BCUT2D eigenvalue weighted by atomic mass is 10.1. The highest BCUT2D eigenvalue weighted by Crippen LogP contribution is 2.07. The van der Waals surface area contributed by atoms with Crippen molar-refractivity contribution in [2.75, 3.05) is 13.2 Å². The molecule has 16 heavy (non-hydrogen) atoms. The van der Waals surface area contributed by atoms with E-state index in [0.717, 1.165) is 19.4 Å². The van der Waals surface area contributed by atoms with Crippen LogP contribution in [0.4, 0.5) is 0 Å². The van der Waals surface area contributed by atoms with Crippen LogP contribution in [0.5, 0.6) is 0 Å². The van der Waals surface area contributed by atoms with Gasteiger partial charge in [0.1, 0.15) is 6.04 Å². The molecule has 1 fully saturated rings. The molecule has 92 valence electrons. The van der Waals surface area contributed by atoms with Crippen molar-refractivity contribution < 1.29 is 14.3 Å². The van der Waals surface area contributed by atoms with Crippen molar-refractivity contribution >= 4 is 11.9 Å². The number of hydrogen-bond acceptors (Lipinski definition) is 4. The van der Waals surface area contributed by atoms with E-state index in [2.05, 4.69) is 10.6 Å². The summed E-state index contributed by atoms with van der Waals surface area (Å²) in [5, 5.41) is 5.95. The van der Waals surface area contributed by atoms with Crippen LogP contribution >= 0.6 is 0 Å². The molecule has 0 saturated carbocycles. The van der Waals surface area contributed by atoms with E-state index in [9.17, 15) is 9.59 Å². The van der Waals surface area contributed by atoms with Crippen LogP contribution in [0.2, 0.25) is 0 Å². The molecular formula is C11H20N2O3. The lowest BCUT2D eigenvalue weighted by molar-refractivity contribution is -0.145. The Bertz CT molecular complexity index is 256. The number of carbonyl (C=O) groups is 2. The molecule has 0 aromatic rings. The molecule has 1 amide bonds. The van der Waals surface area contributed by atoms with Gasteiger partial charge in [-0.25, -0.2) is 0 Å². The lowest BCUT2D eigenvalue weighted by Crippen LogP contribution is -2.43. The molecule has 0 aromatic carbocycles. The number of hydrogen-bond donors (Lipinski definition) is 2. The first kappa shape index (κ1) is 13.0. The minimum absolute atomic E-state index is 0.0473. The molecule has 5 heteroatoms. The van der Waals surface area contributed by atoms with E-state index < -0.39 is 0 Å². The van der Waals surface area contributed by atoms with Gasteiger partial charge < -0.3 is 15.4 Å². The van der Waals surface area contributed by atoms with Crippen molar-refractivity contribution in [3.63, 3.8) is 0 Å². The molecule has 0 radical (unpaired) electrons. The molecule has 2 unspecified atom stereocenters. The monoisotopic (exact) mass is 228 g/mol.